The third-order valence-corrected chi connectivity index (χ3v) is 0.577. The Morgan fingerprint density at radius 1 is 1.12 bits per heavy atom. The Labute approximate surface area is 72.9 Å². The monoisotopic (exact) mass is 129 g/mol. The van der Waals surface area contributed by atoms with E-state index in [1.807, 2.05) is 0 Å². The Kier molecular flexibility index (Phi) is 15.7. The number of aliphatic hydroxyl groups excluding tert-OH is 2. The van der Waals surface area contributed by atoms with Crippen LogP contribution in [0.2, 0.25) is 0 Å². The molecule has 0 heterocycles. The van der Waals surface area contributed by atoms with Crippen molar-refractivity contribution in [2.24, 2.45) is 0 Å². The number of aliphatic hydroxyl groups is 2. The molecular formula is C4H12NNaO2. The molecule has 0 aliphatic heterocycles. The van der Waals surface area contributed by atoms with Gasteiger partial charge >= 0.3 is 29.6 Å². The van der Waals surface area contributed by atoms with Crippen molar-refractivity contribution >= 4 is 0 Å². The molecule has 0 saturated carbocycles. The molecular weight excluding hydrogens is 117 g/mol. The quantitative estimate of drug-likeness (QED) is 0.266. The van der Waals surface area contributed by atoms with E-state index in [1.54, 1.807) is 0 Å². The fourth-order valence-electron chi connectivity index (χ4n) is 0.283. The second kappa shape index (κ2) is 10.8. The van der Waals surface area contributed by atoms with E-state index >= 15 is 0 Å². The minimum Gasteiger partial charge on any atom is -1.00 e. The average molecular weight is 129 g/mol. The zero-order chi connectivity index (χ0) is 5.54. The van der Waals surface area contributed by atoms with Gasteiger partial charge in [-0.1, -0.05) is 0 Å². The Morgan fingerprint density at radius 2 is 1.50 bits per heavy atom. The molecule has 4 heteroatoms. The summed E-state index contributed by atoms with van der Waals surface area (Å²) in [5, 5.41) is 19.1. The van der Waals surface area contributed by atoms with Crippen molar-refractivity contribution in [3.8, 4) is 0 Å². The molecule has 0 bridgehead atoms. The van der Waals surface area contributed by atoms with Gasteiger partial charge in [0.2, 0.25) is 0 Å². The van der Waals surface area contributed by atoms with E-state index in [0.717, 1.165) is 0 Å². The summed E-state index contributed by atoms with van der Waals surface area (Å²) < 4.78 is 0. The third-order valence-electron chi connectivity index (χ3n) is 0.577. The maximum absolute atomic E-state index is 8.15. The Morgan fingerprint density at radius 3 is 1.75 bits per heavy atom. The maximum atomic E-state index is 8.15. The van der Waals surface area contributed by atoms with E-state index in [4.69, 9.17) is 10.2 Å². The summed E-state index contributed by atoms with van der Waals surface area (Å²) in [4.78, 5) is 0. The molecule has 0 aliphatic carbocycles. The van der Waals surface area contributed by atoms with Gasteiger partial charge in [-0.2, -0.15) is 0 Å². The molecule has 0 fully saturated rings. The Bertz CT molecular complexity index is 37.7. The average Bonchev–Trinajstić information content (AvgIpc) is 1.69. The van der Waals surface area contributed by atoms with E-state index < -0.39 is 0 Å². The fraction of sp³-hybridized carbons (Fsp3) is 1.00. The predicted molar refractivity (Wildman–Crippen MR) is 28.2 cm³/mol. The molecule has 8 heavy (non-hydrogen) atoms. The first-order valence-electron chi connectivity index (χ1n) is 2.34. The van der Waals surface area contributed by atoms with E-state index in [1.165, 1.54) is 0 Å². The van der Waals surface area contributed by atoms with Gasteiger partial charge in [-0.15, -0.1) is 0 Å². The normalized spacial score (nSPS) is 8.25. The third kappa shape index (κ3) is 9.99. The smallest absolute Gasteiger partial charge is 1.00 e. The molecule has 0 unspecified atom stereocenters. The minimum absolute atomic E-state index is 0. The molecule has 0 atom stereocenters. The van der Waals surface area contributed by atoms with Gasteiger partial charge in [0.05, 0.1) is 13.2 Å². The van der Waals surface area contributed by atoms with Gasteiger partial charge < -0.3 is 17.0 Å². The maximum Gasteiger partial charge on any atom is 1.00 e. The Hall–Kier alpha value is 0.880. The fourth-order valence-corrected chi connectivity index (χ4v) is 0.283. The van der Waals surface area contributed by atoms with Crippen LogP contribution in [0.4, 0.5) is 0 Å². The van der Waals surface area contributed by atoms with Gasteiger partial charge in [-0.05, 0) is 0 Å². The van der Waals surface area contributed by atoms with Crippen molar-refractivity contribution < 1.29 is 41.2 Å². The van der Waals surface area contributed by atoms with Gasteiger partial charge in [0, 0.05) is 13.1 Å². The summed E-state index contributed by atoms with van der Waals surface area (Å²) in [6.07, 6.45) is 0. The van der Waals surface area contributed by atoms with Crippen molar-refractivity contribution in [3.63, 3.8) is 0 Å². The molecule has 0 aromatic carbocycles. The largest absolute Gasteiger partial charge is 1.00 e. The molecule has 0 aromatic heterocycles. The molecule has 46 valence electrons. The summed E-state index contributed by atoms with van der Waals surface area (Å²) in [5.74, 6) is 0. The topological polar surface area (TPSA) is 52.5 Å². The van der Waals surface area contributed by atoms with E-state index in [-0.39, 0.29) is 44.2 Å². The van der Waals surface area contributed by atoms with E-state index in [9.17, 15) is 0 Å². The molecule has 0 radical (unpaired) electrons. The van der Waals surface area contributed by atoms with Crippen molar-refractivity contribution in [3.05, 3.63) is 0 Å². The van der Waals surface area contributed by atoms with Crippen molar-refractivity contribution in [2.45, 2.75) is 0 Å². The van der Waals surface area contributed by atoms with Gasteiger partial charge in [0.15, 0.2) is 0 Å². The predicted octanol–water partition coefficient (Wildman–Crippen LogP) is -4.32. The number of hydrogen-bond donors (Lipinski definition) is 3. The SMILES string of the molecule is OCCNCCO.[H-].[Na+]. The summed E-state index contributed by atoms with van der Waals surface area (Å²) >= 11 is 0. The summed E-state index contributed by atoms with van der Waals surface area (Å²) in [5.41, 5.74) is 0. The van der Waals surface area contributed by atoms with Gasteiger partial charge in [-0.3, -0.25) is 0 Å². The van der Waals surface area contributed by atoms with Crippen LogP contribution in [0, 0.1) is 0 Å². The van der Waals surface area contributed by atoms with Crippen LogP contribution < -0.4 is 34.9 Å². The molecule has 0 rings (SSSR count). The second-order valence-corrected chi connectivity index (χ2v) is 1.20. The molecule has 0 aliphatic rings. The number of nitrogens with one attached hydrogen (secondary N) is 1. The molecule has 0 saturated heterocycles. The van der Waals surface area contributed by atoms with Gasteiger partial charge in [0.1, 0.15) is 0 Å². The zero-order valence-corrected chi connectivity index (χ0v) is 7.22. The molecule has 3 nitrogen and oxygen atoms in total. The van der Waals surface area contributed by atoms with Crippen LogP contribution in [0.1, 0.15) is 1.43 Å². The minimum atomic E-state index is 0. The number of rotatable bonds is 4. The zero-order valence-electron chi connectivity index (χ0n) is 6.22. The van der Waals surface area contributed by atoms with Crippen molar-refractivity contribution in [2.75, 3.05) is 26.3 Å². The van der Waals surface area contributed by atoms with Gasteiger partial charge in [0.25, 0.3) is 0 Å². The molecule has 3 N–H and O–H groups in total. The van der Waals surface area contributed by atoms with Gasteiger partial charge in [-0.25, -0.2) is 0 Å². The van der Waals surface area contributed by atoms with Crippen LogP contribution >= 0.6 is 0 Å². The van der Waals surface area contributed by atoms with Crippen LogP contribution in [0.3, 0.4) is 0 Å². The van der Waals surface area contributed by atoms with Crippen LogP contribution in [0.25, 0.3) is 0 Å². The van der Waals surface area contributed by atoms with Crippen LogP contribution in [-0.2, 0) is 0 Å². The summed E-state index contributed by atoms with van der Waals surface area (Å²) in [6.45, 7) is 1.42. The Balaban J connectivity index is -0.000000180. The van der Waals surface area contributed by atoms with Crippen LogP contribution in [-0.4, -0.2) is 36.5 Å². The van der Waals surface area contributed by atoms with E-state index in [0.29, 0.717) is 13.1 Å². The van der Waals surface area contributed by atoms with Crippen LogP contribution in [0.15, 0.2) is 0 Å². The number of hydrogen-bond acceptors (Lipinski definition) is 3. The first kappa shape index (κ1) is 11.6. The summed E-state index contributed by atoms with van der Waals surface area (Å²) in [7, 11) is 0. The first-order valence-corrected chi connectivity index (χ1v) is 2.34. The standard InChI is InChI=1S/C4H11NO2.Na.H/c6-3-1-5-2-4-7;;/h5-7H,1-4H2;;/q;+1;-1. The molecule has 0 amide bonds. The first-order chi connectivity index (χ1) is 3.41. The van der Waals surface area contributed by atoms with Crippen LogP contribution in [0.5, 0.6) is 0 Å². The second-order valence-electron chi connectivity index (χ2n) is 1.20. The van der Waals surface area contributed by atoms with Crippen molar-refractivity contribution in [1.82, 2.24) is 5.32 Å². The molecule has 0 spiro atoms. The molecule has 0 aromatic rings. The van der Waals surface area contributed by atoms with E-state index in [2.05, 4.69) is 5.32 Å². The summed E-state index contributed by atoms with van der Waals surface area (Å²) in [6, 6.07) is 0. The van der Waals surface area contributed by atoms with Crippen molar-refractivity contribution in [1.29, 1.82) is 0 Å².